The first kappa shape index (κ1) is 21.1. The number of carbonyl (C=O) groups is 2. The van der Waals surface area contributed by atoms with E-state index >= 15 is 0 Å². The second-order valence-electron chi connectivity index (χ2n) is 7.30. The number of ether oxygens (including phenoxy) is 1. The number of nitrogens with zero attached hydrogens (tertiary/aromatic N) is 1. The fourth-order valence-corrected chi connectivity index (χ4v) is 3.54. The van der Waals surface area contributed by atoms with Gasteiger partial charge in [-0.15, -0.1) is 0 Å². The fraction of sp³-hybridized carbons (Fsp3) is 0.115. The van der Waals surface area contributed by atoms with Crippen LogP contribution in [0.3, 0.4) is 0 Å². The van der Waals surface area contributed by atoms with Crippen molar-refractivity contribution < 1.29 is 14.3 Å². The maximum Gasteiger partial charge on any atom is 0.240 e. The standard InChI is InChI=1S/C26H23N3O3/c1-32-21-12-10-20(11-13-21)28-25(30)14-15-26(31)29-27-17-24-22-8-4-2-6-18(22)16-19-7-3-5-9-23(19)24/h2-13,16-17H,14-15H2,1H3,(H,28,30)(H,29,31). The first-order chi connectivity index (χ1) is 15.6. The smallest absolute Gasteiger partial charge is 0.240 e. The predicted molar refractivity (Wildman–Crippen MR) is 128 cm³/mol. The zero-order valence-corrected chi connectivity index (χ0v) is 17.7. The number of hydrogen-bond acceptors (Lipinski definition) is 4. The number of hydrogen-bond donors (Lipinski definition) is 2. The molecule has 6 heteroatoms. The van der Waals surface area contributed by atoms with Gasteiger partial charge in [0, 0.05) is 24.1 Å². The molecule has 0 aliphatic heterocycles. The van der Waals surface area contributed by atoms with Crippen LogP contribution < -0.4 is 15.5 Å². The van der Waals surface area contributed by atoms with Crippen LogP contribution in [0.2, 0.25) is 0 Å². The number of benzene rings is 4. The number of anilines is 1. The number of methoxy groups -OCH3 is 1. The van der Waals surface area contributed by atoms with Crippen LogP contribution >= 0.6 is 0 Å². The van der Waals surface area contributed by atoms with Gasteiger partial charge >= 0.3 is 0 Å². The van der Waals surface area contributed by atoms with Crippen molar-refractivity contribution >= 4 is 45.3 Å². The molecule has 6 nitrogen and oxygen atoms in total. The highest BCUT2D eigenvalue weighted by Gasteiger charge is 2.08. The van der Waals surface area contributed by atoms with Crippen LogP contribution in [-0.2, 0) is 9.59 Å². The number of rotatable bonds is 7. The van der Waals surface area contributed by atoms with Gasteiger partial charge in [-0.05, 0) is 51.9 Å². The Bertz CT molecular complexity index is 1240. The summed E-state index contributed by atoms with van der Waals surface area (Å²) in [6.07, 6.45) is 1.76. The summed E-state index contributed by atoms with van der Waals surface area (Å²) in [4.78, 5) is 24.3. The summed E-state index contributed by atoms with van der Waals surface area (Å²) >= 11 is 0. The molecule has 2 N–H and O–H groups in total. The van der Waals surface area contributed by atoms with Gasteiger partial charge in [0.05, 0.1) is 13.3 Å². The van der Waals surface area contributed by atoms with Crippen molar-refractivity contribution in [2.24, 2.45) is 5.10 Å². The third kappa shape index (κ3) is 4.92. The summed E-state index contributed by atoms with van der Waals surface area (Å²) in [6, 6.07) is 25.3. The summed E-state index contributed by atoms with van der Waals surface area (Å²) in [7, 11) is 1.58. The van der Waals surface area contributed by atoms with Gasteiger partial charge in [0.2, 0.25) is 11.8 Å². The molecule has 0 radical (unpaired) electrons. The zero-order chi connectivity index (χ0) is 22.3. The molecule has 0 heterocycles. The van der Waals surface area contributed by atoms with Gasteiger partial charge < -0.3 is 10.1 Å². The zero-order valence-electron chi connectivity index (χ0n) is 17.7. The second kappa shape index (κ2) is 9.75. The summed E-state index contributed by atoms with van der Waals surface area (Å²) in [5.74, 6) is 0.143. The Kier molecular flexibility index (Phi) is 6.41. The third-order valence-corrected chi connectivity index (χ3v) is 5.15. The summed E-state index contributed by atoms with van der Waals surface area (Å²) in [5.41, 5.74) is 4.12. The molecule has 32 heavy (non-hydrogen) atoms. The highest BCUT2D eigenvalue weighted by molar-refractivity contribution is 6.13. The molecule has 0 saturated heterocycles. The van der Waals surface area contributed by atoms with E-state index in [-0.39, 0.29) is 24.7 Å². The van der Waals surface area contributed by atoms with Crippen molar-refractivity contribution in [3.05, 3.63) is 84.4 Å². The van der Waals surface area contributed by atoms with Crippen LogP contribution in [0, 0.1) is 0 Å². The van der Waals surface area contributed by atoms with Crippen LogP contribution in [0.5, 0.6) is 5.75 Å². The van der Waals surface area contributed by atoms with Crippen molar-refractivity contribution in [1.29, 1.82) is 0 Å². The van der Waals surface area contributed by atoms with Gasteiger partial charge in [0.15, 0.2) is 0 Å². The first-order valence-electron chi connectivity index (χ1n) is 10.3. The lowest BCUT2D eigenvalue weighted by Crippen LogP contribution is -2.20. The van der Waals surface area contributed by atoms with E-state index in [1.54, 1.807) is 37.6 Å². The van der Waals surface area contributed by atoms with Gasteiger partial charge in [-0.3, -0.25) is 9.59 Å². The van der Waals surface area contributed by atoms with Crippen LogP contribution in [0.1, 0.15) is 18.4 Å². The monoisotopic (exact) mass is 425 g/mol. The molecule has 0 spiro atoms. The molecular weight excluding hydrogens is 402 g/mol. The number of fused-ring (bicyclic) bond motifs is 2. The molecule has 0 bridgehead atoms. The summed E-state index contributed by atoms with van der Waals surface area (Å²) in [5, 5.41) is 11.2. The summed E-state index contributed by atoms with van der Waals surface area (Å²) < 4.78 is 5.09. The summed E-state index contributed by atoms with van der Waals surface area (Å²) in [6.45, 7) is 0. The van der Waals surface area contributed by atoms with E-state index in [0.717, 1.165) is 27.1 Å². The lowest BCUT2D eigenvalue weighted by molar-refractivity contribution is -0.124. The Morgan fingerprint density at radius 1 is 0.844 bits per heavy atom. The molecule has 0 unspecified atom stereocenters. The maximum atomic E-state index is 12.2. The van der Waals surface area contributed by atoms with Crippen LogP contribution in [-0.4, -0.2) is 25.1 Å². The minimum atomic E-state index is -0.323. The molecule has 0 aliphatic rings. The maximum absolute atomic E-state index is 12.2. The van der Waals surface area contributed by atoms with Crippen molar-refractivity contribution in [2.75, 3.05) is 12.4 Å². The van der Waals surface area contributed by atoms with E-state index in [0.29, 0.717) is 11.4 Å². The third-order valence-electron chi connectivity index (χ3n) is 5.15. The van der Waals surface area contributed by atoms with Gasteiger partial charge in [-0.25, -0.2) is 5.43 Å². The van der Waals surface area contributed by atoms with E-state index in [1.165, 1.54) is 0 Å². The molecule has 4 aromatic carbocycles. The second-order valence-corrected chi connectivity index (χ2v) is 7.30. The van der Waals surface area contributed by atoms with Gasteiger partial charge in [0.1, 0.15) is 5.75 Å². The van der Waals surface area contributed by atoms with Crippen molar-refractivity contribution in [2.45, 2.75) is 12.8 Å². The molecule has 0 aromatic heterocycles. The lowest BCUT2D eigenvalue weighted by atomic mass is 9.97. The highest BCUT2D eigenvalue weighted by Crippen LogP contribution is 2.27. The van der Waals surface area contributed by atoms with Gasteiger partial charge in [-0.1, -0.05) is 48.5 Å². The SMILES string of the molecule is COc1ccc(NC(=O)CCC(=O)NN=Cc2c3ccccc3cc3ccccc23)cc1. The lowest BCUT2D eigenvalue weighted by Gasteiger charge is -2.08. The van der Waals surface area contributed by atoms with Gasteiger partial charge in [0.25, 0.3) is 0 Å². The molecule has 4 aromatic rings. The highest BCUT2D eigenvalue weighted by atomic mass is 16.5. The first-order valence-corrected chi connectivity index (χ1v) is 10.3. The topological polar surface area (TPSA) is 79.8 Å². The molecule has 0 atom stereocenters. The van der Waals surface area contributed by atoms with Crippen LogP contribution in [0.25, 0.3) is 21.5 Å². The molecule has 0 aliphatic carbocycles. The number of amides is 2. The predicted octanol–water partition coefficient (Wildman–Crippen LogP) is 4.87. The van der Waals surface area contributed by atoms with Gasteiger partial charge in [-0.2, -0.15) is 5.10 Å². The average molecular weight is 425 g/mol. The molecule has 0 saturated carbocycles. The van der Waals surface area contributed by atoms with Crippen LogP contribution in [0.15, 0.2) is 84.0 Å². The molecule has 4 rings (SSSR count). The quantitative estimate of drug-likeness (QED) is 0.252. The molecule has 0 fully saturated rings. The van der Waals surface area contributed by atoms with Crippen molar-refractivity contribution in [3.63, 3.8) is 0 Å². The minimum Gasteiger partial charge on any atom is -0.497 e. The van der Waals surface area contributed by atoms with E-state index in [2.05, 4.69) is 34.0 Å². The number of hydrazone groups is 1. The molecule has 160 valence electrons. The largest absolute Gasteiger partial charge is 0.497 e. The molecule has 2 amide bonds. The van der Waals surface area contributed by atoms with E-state index < -0.39 is 0 Å². The average Bonchev–Trinajstić information content (AvgIpc) is 2.83. The number of carbonyl (C=O) groups excluding carboxylic acids is 2. The Morgan fingerprint density at radius 3 is 2.06 bits per heavy atom. The van der Waals surface area contributed by atoms with Crippen LogP contribution in [0.4, 0.5) is 5.69 Å². The van der Waals surface area contributed by atoms with E-state index in [1.807, 2.05) is 36.4 Å². The van der Waals surface area contributed by atoms with Crippen molar-refractivity contribution in [3.8, 4) is 5.75 Å². The Morgan fingerprint density at radius 2 is 1.44 bits per heavy atom. The Hall–Kier alpha value is -4.19. The van der Waals surface area contributed by atoms with E-state index in [4.69, 9.17) is 4.74 Å². The van der Waals surface area contributed by atoms with Crippen molar-refractivity contribution in [1.82, 2.24) is 5.43 Å². The Labute approximate surface area is 185 Å². The molecular formula is C26H23N3O3. The number of nitrogens with one attached hydrogen (secondary N) is 2. The Balaban J connectivity index is 1.38. The fourth-order valence-electron chi connectivity index (χ4n) is 3.54. The van der Waals surface area contributed by atoms with E-state index in [9.17, 15) is 9.59 Å². The normalized spacial score (nSPS) is 11.0. The minimum absolute atomic E-state index is 0.0373.